The highest BCUT2D eigenvalue weighted by atomic mass is 15.3. The molecule has 0 aliphatic carbocycles. The second kappa shape index (κ2) is 5.32. The Balaban J connectivity index is 2.93. The van der Waals surface area contributed by atoms with Crippen molar-refractivity contribution in [3.63, 3.8) is 0 Å². The summed E-state index contributed by atoms with van der Waals surface area (Å²) in [6, 6.07) is 4.08. The van der Waals surface area contributed by atoms with E-state index in [0.717, 1.165) is 18.8 Å². The lowest BCUT2D eigenvalue weighted by Crippen LogP contribution is -2.11. The van der Waals surface area contributed by atoms with Gasteiger partial charge in [0.25, 0.3) is 0 Å². The van der Waals surface area contributed by atoms with E-state index in [2.05, 4.69) is 11.2 Å². The lowest BCUT2D eigenvalue weighted by molar-refractivity contribution is 0.457. The average Bonchev–Trinajstić information content (AvgIpc) is 2.66. The van der Waals surface area contributed by atoms with Crippen molar-refractivity contribution in [1.29, 1.82) is 5.26 Å². The van der Waals surface area contributed by atoms with Gasteiger partial charge in [-0.05, 0) is 27.1 Å². The summed E-state index contributed by atoms with van der Waals surface area (Å²) < 4.78 is 1.82. The molecule has 0 saturated carbocycles. The topological polar surface area (TPSA) is 44.9 Å². The third-order valence-corrected chi connectivity index (χ3v) is 2.07. The van der Waals surface area contributed by atoms with Crippen LogP contribution < -0.4 is 0 Å². The van der Waals surface area contributed by atoms with Gasteiger partial charge in [-0.15, -0.1) is 0 Å². The second-order valence-electron chi connectivity index (χ2n) is 3.52. The molecule has 4 heteroatoms. The fraction of sp³-hybridized carbons (Fsp3) is 0.455. The van der Waals surface area contributed by atoms with Crippen LogP contribution in [0.15, 0.2) is 18.3 Å². The van der Waals surface area contributed by atoms with Gasteiger partial charge in [0, 0.05) is 19.3 Å². The number of rotatable bonds is 4. The normalized spacial score (nSPS) is 11.8. The average molecular weight is 204 g/mol. The van der Waals surface area contributed by atoms with Crippen molar-refractivity contribution >= 4 is 5.57 Å². The van der Waals surface area contributed by atoms with E-state index >= 15 is 0 Å². The second-order valence-corrected chi connectivity index (χ2v) is 3.52. The van der Waals surface area contributed by atoms with Crippen LogP contribution in [-0.4, -0.2) is 35.3 Å². The molecule has 0 aliphatic rings. The van der Waals surface area contributed by atoms with Crippen LogP contribution in [0.3, 0.4) is 0 Å². The molecule has 1 aromatic rings. The first kappa shape index (κ1) is 11.5. The van der Waals surface area contributed by atoms with Crippen LogP contribution in [0, 0.1) is 11.3 Å². The molecule has 0 aliphatic heterocycles. The fourth-order valence-electron chi connectivity index (χ4n) is 1.29. The van der Waals surface area contributed by atoms with Crippen molar-refractivity contribution in [3.05, 3.63) is 24.0 Å². The van der Waals surface area contributed by atoms with Gasteiger partial charge in [-0.2, -0.15) is 10.4 Å². The fourth-order valence-corrected chi connectivity index (χ4v) is 1.29. The molecule has 80 valence electrons. The number of aryl methyl sites for hydroxylation is 1. The quantitative estimate of drug-likeness (QED) is 0.696. The standard InChI is InChI=1S/C11H16N4/c1-4-15-11(5-7-13-15)10(9-12)6-8-14(2)3/h5-7H,4,8H2,1-3H3/b10-6+. The molecule has 1 rings (SSSR count). The Morgan fingerprint density at radius 1 is 1.67 bits per heavy atom. The van der Waals surface area contributed by atoms with Gasteiger partial charge >= 0.3 is 0 Å². The van der Waals surface area contributed by atoms with Crippen molar-refractivity contribution in [3.8, 4) is 6.07 Å². The SMILES string of the molecule is CCn1nccc1/C(C#N)=C/CN(C)C. The smallest absolute Gasteiger partial charge is 0.101 e. The largest absolute Gasteiger partial charge is 0.306 e. The Bertz CT molecular complexity index is 382. The van der Waals surface area contributed by atoms with Crippen molar-refractivity contribution in [1.82, 2.24) is 14.7 Å². The van der Waals surface area contributed by atoms with Crippen LogP contribution >= 0.6 is 0 Å². The summed E-state index contributed by atoms with van der Waals surface area (Å²) in [6.45, 7) is 3.55. The highest BCUT2D eigenvalue weighted by Gasteiger charge is 2.05. The Labute approximate surface area is 90.4 Å². The third kappa shape index (κ3) is 2.93. The van der Waals surface area contributed by atoms with E-state index in [4.69, 9.17) is 5.26 Å². The van der Waals surface area contributed by atoms with Crippen LogP contribution in [0.25, 0.3) is 5.57 Å². The molecule has 0 unspecified atom stereocenters. The van der Waals surface area contributed by atoms with E-state index in [1.807, 2.05) is 42.7 Å². The molecule has 1 aromatic heterocycles. The molecule has 0 fully saturated rings. The predicted molar refractivity (Wildman–Crippen MR) is 60.0 cm³/mol. The molecule has 0 saturated heterocycles. The third-order valence-electron chi connectivity index (χ3n) is 2.07. The van der Waals surface area contributed by atoms with Gasteiger partial charge in [0.1, 0.15) is 6.07 Å². The maximum absolute atomic E-state index is 9.05. The zero-order chi connectivity index (χ0) is 11.3. The van der Waals surface area contributed by atoms with Crippen LogP contribution in [0.4, 0.5) is 0 Å². The number of nitriles is 1. The summed E-state index contributed by atoms with van der Waals surface area (Å²) in [5.41, 5.74) is 1.57. The summed E-state index contributed by atoms with van der Waals surface area (Å²) in [7, 11) is 3.95. The minimum Gasteiger partial charge on any atom is -0.306 e. The minimum atomic E-state index is 0.683. The first-order chi connectivity index (χ1) is 7.19. The van der Waals surface area contributed by atoms with Crippen molar-refractivity contribution < 1.29 is 0 Å². The van der Waals surface area contributed by atoms with Crippen LogP contribution in [-0.2, 0) is 6.54 Å². The predicted octanol–water partition coefficient (Wildman–Crippen LogP) is 1.37. The zero-order valence-electron chi connectivity index (χ0n) is 9.44. The lowest BCUT2D eigenvalue weighted by Gasteiger charge is -2.06. The Morgan fingerprint density at radius 3 is 2.93 bits per heavy atom. The first-order valence-electron chi connectivity index (χ1n) is 4.96. The molecule has 1 heterocycles. The van der Waals surface area contributed by atoms with E-state index in [0.29, 0.717) is 5.57 Å². The maximum atomic E-state index is 9.05. The van der Waals surface area contributed by atoms with Crippen molar-refractivity contribution in [2.45, 2.75) is 13.5 Å². The number of allylic oxidation sites excluding steroid dienone is 1. The number of nitrogens with zero attached hydrogens (tertiary/aromatic N) is 4. The number of likely N-dealkylation sites (N-methyl/N-ethyl adjacent to an activating group) is 1. The van der Waals surface area contributed by atoms with Crippen LogP contribution in [0.5, 0.6) is 0 Å². The van der Waals surface area contributed by atoms with Crippen molar-refractivity contribution in [2.24, 2.45) is 0 Å². The van der Waals surface area contributed by atoms with Crippen molar-refractivity contribution in [2.75, 3.05) is 20.6 Å². The van der Waals surface area contributed by atoms with Gasteiger partial charge in [0.2, 0.25) is 0 Å². The molecule has 0 spiro atoms. The molecule has 0 aromatic carbocycles. The first-order valence-corrected chi connectivity index (χ1v) is 4.96. The molecule has 0 radical (unpaired) electrons. The Kier molecular flexibility index (Phi) is 4.07. The molecular weight excluding hydrogens is 188 g/mol. The zero-order valence-corrected chi connectivity index (χ0v) is 9.44. The summed E-state index contributed by atoms with van der Waals surface area (Å²) in [4.78, 5) is 2.02. The molecule has 4 nitrogen and oxygen atoms in total. The lowest BCUT2D eigenvalue weighted by atomic mass is 10.2. The molecule has 15 heavy (non-hydrogen) atoms. The summed E-state index contributed by atoms with van der Waals surface area (Å²) >= 11 is 0. The minimum absolute atomic E-state index is 0.683. The van der Waals surface area contributed by atoms with E-state index in [1.54, 1.807) is 6.20 Å². The molecular formula is C11H16N4. The van der Waals surface area contributed by atoms with Crippen LogP contribution in [0.2, 0.25) is 0 Å². The van der Waals surface area contributed by atoms with Gasteiger partial charge in [-0.25, -0.2) is 0 Å². The van der Waals surface area contributed by atoms with Gasteiger partial charge in [0.05, 0.1) is 11.3 Å². The molecule has 0 atom stereocenters. The number of hydrogen-bond donors (Lipinski definition) is 0. The van der Waals surface area contributed by atoms with Gasteiger partial charge < -0.3 is 4.90 Å². The number of hydrogen-bond acceptors (Lipinski definition) is 3. The van der Waals surface area contributed by atoms with E-state index in [9.17, 15) is 0 Å². The van der Waals surface area contributed by atoms with Crippen LogP contribution in [0.1, 0.15) is 12.6 Å². The summed E-state index contributed by atoms with van der Waals surface area (Å²) in [5, 5.41) is 13.2. The Hall–Kier alpha value is -1.60. The van der Waals surface area contributed by atoms with E-state index in [1.165, 1.54) is 0 Å². The summed E-state index contributed by atoms with van der Waals surface area (Å²) in [6.07, 6.45) is 3.64. The van der Waals surface area contributed by atoms with Gasteiger partial charge in [-0.3, -0.25) is 4.68 Å². The molecule has 0 bridgehead atoms. The number of aromatic nitrogens is 2. The summed E-state index contributed by atoms with van der Waals surface area (Å²) in [5.74, 6) is 0. The maximum Gasteiger partial charge on any atom is 0.101 e. The van der Waals surface area contributed by atoms with Gasteiger partial charge in [-0.1, -0.05) is 6.08 Å². The molecule has 0 N–H and O–H groups in total. The highest BCUT2D eigenvalue weighted by Crippen LogP contribution is 2.12. The van der Waals surface area contributed by atoms with Gasteiger partial charge in [0.15, 0.2) is 0 Å². The Morgan fingerprint density at radius 2 is 2.40 bits per heavy atom. The van der Waals surface area contributed by atoms with E-state index in [-0.39, 0.29) is 0 Å². The monoisotopic (exact) mass is 204 g/mol. The highest BCUT2D eigenvalue weighted by molar-refractivity contribution is 5.74. The van der Waals surface area contributed by atoms with E-state index < -0.39 is 0 Å². The molecule has 0 amide bonds.